The molecule has 88 valence electrons. The second kappa shape index (κ2) is 6.04. The number of rotatable bonds is 5. The first-order chi connectivity index (χ1) is 8.36. The minimum absolute atomic E-state index is 0.493. The van der Waals surface area contributed by atoms with E-state index in [2.05, 4.69) is 35.4 Å². The van der Waals surface area contributed by atoms with E-state index >= 15 is 0 Å². The molecule has 2 heteroatoms. The third-order valence-electron chi connectivity index (χ3n) is 2.87. The summed E-state index contributed by atoms with van der Waals surface area (Å²) in [5.74, 6) is 0.493. The first kappa shape index (κ1) is 11.6. The van der Waals surface area contributed by atoms with Crippen LogP contribution >= 0.6 is 0 Å². The second-order valence-corrected chi connectivity index (χ2v) is 4.24. The molecule has 0 aliphatic rings. The van der Waals surface area contributed by atoms with E-state index in [4.69, 9.17) is 0 Å². The molecule has 1 aromatic carbocycles. The summed E-state index contributed by atoms with van der Waals surface area (Å²) in [5, 5.41) is 3.42. The highest BCUT2D eigenvalue weighted by Crippen LogP contribution is 2.16. The highest BCUT2D eigenvalue weighted by Gasteiger charge is 2.05. The summed E-state index contributed by atoms with van der Waals surface area (Å²) in [4.78, 5) is 4.38. The van der Waals surface area contributed by atoms with Crippen LogP contribution in [0.5, 0.6) is 0 Å². The molecule has 0 fully saturated rings. The predicted molar refractivity (Wildman–Crippen MR) is 72.2 cm³/mol. The number of para-hydroxylation sites is 1. The van der Waals surface area contributed by atoms with Crippen molar-refractivity contribution in [3.8, 4) is 0 Å². The maximum Gasteiger partial charge on any atom is 0.0432 e. The Kier molecular flexibility index (Phi) is 4.14. The number of benzene rings is 1. The fraction of sp³-hybridized carbons (Fsp3) is 0.267. The Hall–Kier alpha value is -1.83. The summed E-state index contributed by atoms with van der Waals surface area (Å²) in [7, 11) is 0. The van der Waals surface area contributed by atoms with Crippen molar-refractivity contribution < 1.29 is 0 Å². The molecule has 0 aliphatic heterocycles. The van der Waals surface area contributed by atoms with Gasteiger partial charge in [-0.25, -0.2) is 0 Å². The fourth-order valence-electron chi connectivity index (χ4n) is 1.80. The van der Waals surface area contributed by atoms with Gasteiger partial charge < -0.3 is 5.32 Å². The van der Waals surface area contributed by atoms with Crippen molar-refractivity contribution in [3.05, 3.63) is 60.4 Å². The van der Waals surface area contributed by atoms with E-state index in [1.165, 1.54) is 11.4 Å². The van der Waals surface area contributed by atoms with Crippen molar-refractivity contribution in [1.82, 2.24) is 4.98 Å². The number of hydrogen-bond acceptors (Lipinski definition) is 2. The highest BCUT2D eigenvalue weighted by atomic mass is 14.9. The zero-order valence-electron chi connectivity index (χ0n) is 10.1. The van der Waals surface area contributed by atoms with Gasteiger partial charge in [0.15, 0.2) is 0 Å². The van der Waals surface area contributed by atoms with Gasteiger partial charge in [0, 0.05) is 30.0 Å². The van der Waals surface area contributed by atoms with E-state index in [0.29, 0.717) is 5.92 Å². The molecule has 0 spiro atoms. The molecule has 2 nitrogen and oxygen atoms in total. The number of aromatic nitrogens is 1. The number of pyridine rings is 1. The van der Waals surface area contributed by atoms with Gasteiger partial charge in [-0.1, -0.05) is 31.2 Å². The number of nitrogens with zero attached hydrogens (tertiary/aromatic N) is 1. The van der Waals surface area contributed by atoms with Crippen molar-refractivity contribution in [1.29, 1.82) is 0 Å². The molecule has 0 saturated carbocycles. The molecule has 0 amide bonds. The Morgan fingerprint density at radius 1 is 1.06 bits per heavy atom. The SMILES string of the molecule is C[C@@H](CCNc1ccccc1)c1ccccn1. The summed E-state index contributed by atoms with van der Waals surface area (Å²) < 4.78 is 0. The highest BCUT2D eigenvalue weighted by molar-refractivity contribution is 5.42. The summed E-state index contributed by atoms with van der Waals surface area (Å²) in [6.45, 7) is 3.19. The molecule has 1 atom stereocenters. The molecule has 1 N–H and O–H groups in total. The average Bonchev–Trinajstić information content (AvgIpc) is 2.41. The Bertz CT molecular complexity index is 425. The number of anilines is 1. The Morgan fingerprint density at radius 2 is 1.82 bits per heavy atom. The third kappa shape index (κ3) is 3.59. The third-order valence-corrected chi connectivity index (χ3v) is 2.87. The predicted octanol–water partition coefficient (Wildman–Crippen LogP) is 3.69. The molecule has 0 aliphatic carbocycles. The Labute approximate surface area is 103 Å². The van der Waals surface area contributed by atoms with Gasteiger partial charge in [0.2, 0.25) is 0 Å². The second-order valence-electron chi connectivity index (χ2n) is 4.24. The normalized spacial score (nSPS) is 12.1. The molecule has 0 saturated heterocycles. The van der Waals surface area contributed by atoms with Gasteiger partial charge >= 0.3 is 0 Å². The molecule has 17 heavy (non-hydrogen) atoms. The first-order valence-corrected chi connectivity index (χ1v) is 6.06. The van der Waals surface area contributed by atoms with Gasteiger partial charge in [0.05, 0.1) is 0 Å². The quantitative estimate of drug-likeness (QED) is 0.841. The summed E-state index contributed by atoms with van der Waals surface area (Å²) in [6.07, 6.45) is 2.95. The van der Waals surface area contributed by atoms with E-state index < -0.39 is 0 Å². The lowest BCUT2D eigenvalue weighted by Gasteiger charge is -2.12. The van der Waals surface area contributed by atoms with Gasteiger partial charge in [-0.05, 0) is 30.7 Å². The van der Waals surface area contributed by atoms with Gasteiger partial charge in [0.1, 0.15) is 0 Å². The zero-order chi connectivity index (χ0) is 11.9. The van der Waals surface area contributed by atoms with Crippen LogP contribution in [0.4, 0.5) is 5.69 Å². The number of nitrogens with one attached hydrogen (secondary N) is 1. The molecule has 2 aromatic rings. The lowest BCUT2D eigenvalue weighted by atomic mass is 10.0. The minimum atomic E-state index is 0.493. The molecule has 0 unspecified atom stereocenters. The van der Waals surface area contributed by atoms with E-state index in [9.17, 15) is 0 Å². The molecule has 1 aromatic heterocycles. The molecule has 0 radical (unpaired) electrons. The average molecular weight is 226 g/mol. The standard InChI is InChI=1S/C15H18N2/c1-13(15-9-5-6-11-17-15)10-12-16-14-7-3-2-4-8-14/h2-9,11,13,16H,10,12H2,1H3/t13-/m0/s1. The first-order valence-electron chi connectivity index (χ1n) is 6.06. The summed E-state index contributed by atoms with van der Waals surface area (Å²) in [6, 6.07) is 16.4. The molecule has 1 heterocycles. The lowest BCUT2D eigenvalue weighted by Crippen LogP contribution is -2.06. The van der Waals surface area contributed by atoms with Gasteiger partial charge in [-0.15, -0.1) is 0 Å². The van der Waals surface area contributed by atoms with Gasteiger partial charge in [-0.2, -0.15) is 0 Å². The number of hydrogen-bond donors (Lipinski definition) is 1. The van der Waals surface area contributed by atoms with Crippen molar-refractivity contribution in [2.24, 2.45) is 0 Å². The van der Waals surface area contributed by atoms with Gasteiger partial charge in [0.25, 0.3) is 0 Å². The van der Waals surface area contributed by atoms with Gasteiger partial charge in [-0.3, -0.25) is 4.98 Å². The molecule has 0 bridgehead atoms. The molecule has 2 rings (SSSR count). The topological polar surface area (TPSA) is 24.9 Å². The molecular formula is C15H18N2. The Morgan fingerprint density at radius 3 is 2.53 bits per heavy atom. The lowest BCUT2D eigenvalue weighted by molar-refractivity contribution is 0.684. The smallest absolute Gasteiger partial charge is 0.0432 e. The fourth-order valence-corrected chi connectivity index (χ4v) is 1.80. The van der Waals surface area contributed by atoms with E-state index in [1.807, 2.05) is 36.5 Å². The van der Waals surface area contributed by atoms with Crippen molar-refractivity contribution >= 4 is 5.69 Å². The monoisotopic (exact) mass is 226 g/mol. The van der Waals surface area contributed by atoms with E-state index in [1.54, 1.807) is 0 Å². The minimum Gasteiger partial charge on any atom is -0.385 e. The van der Waals surface area contributed by atoms with Crippen LogP contribution in [0.1, 0.15) is 25.0 Å². The summed E-state index contributed by atoms with van der Waals surface area (Å²) >= 11 is 0. The maximum atomic E-state index is 4.38. The van der Waals surface area contributed by atoms with Crippen LogP contribution < -0.4 is 5.32 Å². The Balaban J connectivity index is 1.79. The van der Waals surface area contributed by atoms with E-state index in [-0.39, 0.29) is 0 Å². The van der Waals surface area contributed by atoms with Crippen LogP contribution in [0.3, 0.4) is 0 Å². The zero-order valence-corrected chi connectivity index (χ0v) is 10.1. The summed E-state index contributed by atoms with van der Waals surface area (Å²) in [5.41, 5.74) is 2.35. The van der Waals surface area contributed by atoms with Crippen molar-refractivity contribution in [2.45, 2.75) is 19.3 Å². The largest absolute Gasteiger partial charge is 0.385 e. The van der Waals surface area contributed by atoms with Crippen LogP contribution in [0.2, 0.25) is 0 Å². The van der Waals surface area contributed by atoms with Crippen LogP contribution in [0, 0.1) is 0 Å². The van der Waals surface area contributed by atoms with Crippen LogP contribution in [0.25, 0.3) is 0 Å². The maximum absolute atomic E-state index is 4.38. The van der Waals surface area contributed by atoms with Crippen molar-refractivity contribution in [2.75, 3.05) is 11.9 Å². The molecular weight excluding hydrogens is 208 g/mol. The van der Waals surface area contributed by atoms with Crippen LogP contribution in [-0.2, 0) is 0 Å². The van der Waals surface area contributed by atoms with Crippen LogP contribution in [0.15, 0.2) is 54.7 Å². The van der Waals surface area contributed by atoms with Crippen LogP contribution in [-0.4, -0.2) is 11.5 Å². The van der Waals surface area contributed by atoms with E-state index in [0.717, 1.165) is 13.0 Å². The van der Waals surface area contributed by atoms with Crippen molar-refractivity contribution in [3.63, 3.8) is 0 Å².